The van der Waals surface area contributed by atoms with Gasteiger partial charge in [-0.1, -0.05) is 29.5 Å². The summed E-state index contributed by atoms with van der Waals surface area (Å²) < 4.78 is 11.8. The summed E-state index contributed by atoms with van der Waals surface area (Å²) in [4.78, 5) is 19.1. The van der Waals surface area contributed by atoms with Crippen molar-refractivity contribution in [2.45, 2.75) is 19.8 Å². The molecule has 0 fully saturated rings. The zero-order valence-corrected chi connectivity index (χ0v) is 14.7. The van der Waals surface area contributed by atoms with Crippen molar-refractivity contribution in [1.29, 1.82) is 0 Å². The van der Waals surface area contributed by atoms with Crippen LogP contribution in [-0.2, 0) is 11.2 Å². The standard InChI is InChI=1S/C19H18N2O3S/c1-2-21(19-20-14-5-3-4-6-17(14)25-19)18(22)10-8-13-7-9-15-16(11-13)24-12-23-15/h3-7,9,11H,2,8,10,12H2,1H3. The number of anilines is 1. The lowest BCUT2D eigenvalue weighted by Gasteiger charge is -2.17. The molecule has 6 heteroatoms. The number of hydrogen-bond donors (Lipinski definition) is 0. The van der Waals surface area contributed by atoms with Gasteiger partial charge in [0.25, 0.3) is 0 Å². The van der Waals surface area contributed by atoms with Crippen molar-refractivity contribution in [3.63, 3.8) is 0 Å². The molecule has 0 radical (unpaired) electrons. The Kier molecular flexibility index (Phi) is 4.28. The van der Waals surface area contributed by atoms with Crippen molar-refractivity contribution in [3.8, 4) is 11.5 Å². The highest BCUT2D eigenvalue weighted by atomic mass is 32.1. The topological polar surface area (TPSA) is 51.7 Å². The van der Waals surface area contributed by atoms with Crippen molar-refractivity contribution in [2.75, 3.05) is 18.2 Å². The second kappa shape index (κ2) is 6.72. The van der Waals surface area contributed by atoms with Crippen LogP contribution < -0.4 is 14.4 Å². The number of carbonyl (C=O) groups excluding carboxylic acids is 1. The van der Waals surface area contributed by atoms with Gasteiger partial charge in [-0.15, -0.1) is 0 Å². The largest absolute Gasteiger partial charge is 0.454 e. The van der Waals surface area contributed by atoms with E-state index in [0.717, 1.165) is 32.4 Å². The second-order valence-corrected chi connectivity index (χ2v) is 6.80. The van der Waals surface area contributed by atoms with Gasteiger partial charge >= 0.3 is 0 Å². The molecule has 0 aliphatic carbocycles. The van der Waals surface area contributed by atoms with E-state index >= 15 is 0 Å². The van der Waals surface area contributed by atoms with Gasteiger partial charge in [0.2, 0.25) is 12.7 Å². The molecule has 5 nitrogen and oxygen atoms in total. The number of amides is 1. The van der Waals surface area contributed by atoms with E-state index in [0.29, 0.717) is 19.4 Å². The van der Waals surface area contributed by atoms with Crippen molar-refractivity contribution in [3.05, 3.63) is 48.0 Å². The van der Waals surface area contributed by atoms with Gasteiger partial charge in [0.05, 0.1) is 10.2 Å². The third-order valence-electron chi connectivity index (χ3n) is 4.20. The molecule has 2 heterocycles. The molecule has 25 heavy (non-hydrogen) atoms. The fourth-order valence-corrected chi connectivity index (χ4v) is 3.92. The normalized spacial score (nSPS) is 12.5. The van der Waals surface area contributed by atoms with Crippen LogP contribution in [0.25, 0.3) is 10.2 Å². The summed E-state index contributed by atoms with van der Waals surface area (Å²) in [5.41, 5.74) is 2.00. The third-order valence-corrected chi connectivity index (χ3v) is 5.25. The van der Waals surface area contributed by atoms with Crippen LogP contribution in [0.15, 0.2) is 42.5 Å². The maximum atomic E-state index is 12.7. The van der Waals surface area contributed by atoms with Crippen LogP contribution in [0, 0.1) is 0 Å². The van der Waals surface area contributed by atoms with Crippen molar-refractivity contribution < 1.29 is 14.3 Å². The Morgan fingerprint density at radius 1 is 1.20 bits per heavy atom. The number of aromatic nitrogens is 1. The first kappa shape index (κ1) is 15.9. The van der Waals surface area contributed by atoms with Crippen molar-refractivity contribution >= 4 is 32.6 Å². The number of hydrogen-bond acceptors (Lipinski definition) is 5. The number of rotatable bonds is 5. The molecular weight excluding hydrogens is 336 g/mol. The lowest BCUT2D eigenvalue weighted by atomic mass is 10.1. The lowest BCUT2D eigenvalue weighted by molar-refractivity contribution is -0.118. The zero-order valence-electron chi connectivity index (χ0n) is 13.9. The summed E-state index contributed by atoms with van der Waals surface area (Å²) in [5, 5.41) is 0.763. The van der Waals surface area contributed by atoms with Gasteiger partial charge < -0.3 is 9.47 Å². The molecule has 128 valence electrons. The van der Waals surface area contributed by atoms with E-state index in [2.05, 4.69) is 4.98 Å². The van der Waals surface area contributed by atoms with Crippen LogP contribution in [0.2, 0.25) is 0 Å². The minimum Gasteiger partial charge on any atom is -0.454 e. The molecule has 0 spiro atoms. The molecule has 2 aromatic carbocycles. The van der Waals surface area contributed by atoms with Gasteiger partial charge in [0.1, 0.15) is 0 Å². The molecule has 0 N–H and O–H groups in total. The average molecular weight is 354 g/mol. The van der Waals surface area contributed by atoms with Crippen LogP contribution in [0.3, 0.4) is 0 Å². The predicted molar refractivity (Wildman–Crippen MR) is 98.5 cm³/mol. The van der Waals surface area contributed by atoms with Crippen LogP contribution in [0.4, 0.5) is 5.13 Å². The van der Waals surface area contributed by atoms with E-state index in [4.69, 9.17) is 9.47 Å². The first-order chi connectivity index (χ1) is 12.2. The first-order valence-electron chi connectivity index (χ1n) is 8.29. The third kappa shape index (κ3) is 3.17. The van der Waals surface area contributed by atoms with E-state index in [1.807, 2.05) is 49.4 Å². The molecule has 3 aromatic rings. The van der Waals surface area contributed by atoms with Gasteiger partial charge in [-0.25, -0.2) is 4.98 Å². The molecule has 0 atom stereocenters. The average Bonchev–Trinajstić information content (AvgIpc) is 3.26. The highest BCUT2D eigenvalue weighted by Crippen LogP contribution is 2.33. The fraction of sp³-hybridized carbons (Fsp3) is 0.263. The van der Waals surface area contributed by atoms with Crippen LogP contribution in [0.1, 0.15) is 18.9 Å². The Morgan fingerprint density at radius 2 is 2.04 bits per heavy atom. The number of benzene rings is 2. The molecule has 0 unspecified atom stereocenters. The van der Waals surface area contributed by atoms with E-state index in [1.165, 1.54) is 0 Å². The minimum atomic E-state index is 0.0826. The number of carbonyl (C=O) groups is 1. The molecule has 0 saturated heterocycles. The van der Waals surface area contributed by atoms with Gasteiger partial charge in [-0.3, -0.25) is 9.69 Å². The number of fused-ring (bicyclic) bond motifs is 2. The monoisotopic (exact) mass is 354 g/mol. The molecule has 1 aliphatic rings. The Morgan fingerprint density at radius 3 is 2.88 bits per heavy atom. The number of para-hydroxylation sites is 1. The maximum absolute atomic E-state index is 12.7. The molecule has 1 amide bonds. The number of nitrogens with zero attached hydrogens (tertiary/aromatic N) is 2. The predicted octanol–water partition coefficient (Wildman–Crippen LogP) is 4.01. The molecule has 1 aromatic heterocycles. The molecule has 0 saturated carbocycles. The maximum Gasteiger partial charge on any atom is 0.231 e. The van der Waals surface area contributed by atoms with E-state index in [-0.39, 0.29) is 12.7 Å². The summed E-state index contributed by atoms with van der Waals surface area (Å²) in [6.45, 7) is 2.85. The van der Waals surface area contributed by atoms with Crippen LogP contribution >= 0.6 is 11.3 Å². The van der Waals surface area contributed by atoms with E-state index in [9.17, 15) is 4.79 Å². The summed E-state index contributed by atoms with van der Waals surface area (Å²) in [6, 6.07) is 13.8. The summed E-state index contributed by atoms with van der Waals surface area (Å²) in [6.07, 6.45) is 1.10. The number of ether oxygens (including phenoxy) is 2. The summed E-state index contributed by atoms with van der Waals surface area (Å²) in [7, 11) is 0. The van der Waals surface area contributed by atoms with Crippen LogP contribution in [0.5, 0.6) is 11.5 Å². The SMILES string of the molecule is CCN(C(=O)CCc1ccc2c(c1)OCO2)c1nc2ccccc2s1. The molecule has 1 aliphatic heterocycles. The quantitative estimate of drug-likeness (QED) is 0.695. The van der Waals surface area contributed by atoms with Crippen LogP contribution in [-0.4, -0.2) is 24.2 Å². The summed E-state index contributed by atoms with van der Waals surface area (Å²) >= 11 is 1.55. The van der Waals surface area contributed by atoms with Gasteiger partial charge in [-0.2, -0.15) is 0 Å². The Balaban J connectivity index is 1.47. The number of aryl methyl sites for hydroxylation is 1. The Labute approximate surface area is 149 Å². The Hall–Kier alpha value is -2.60. The minimum absolute atomic E-state index is 0.0826. The van der Waals surface area contributed by atoms with Crippen molar-refractivity contribution in [1.82, 2.24) is 4.98 Å². The molecular formula is C19H18N2O3S. The smallest absolute Gasteiger partial charge is 0.231 e. The highest BCUT2D eigenvalue weighted by molar-refractivity contribution is 7.22. The van der Waals surface area contributed by atoms with E-state index < -0.39 is 0 Å². The lowest BCUT2D eigenvalue weighted by Crippen LogP contribution is -2.30. The number of thiazole rings is 1. The molecule has 4 rings (SSSR count). The highest BCUT2D eigenvalue weighted by Gasteiger charge is 2.19. The van der Waals surface area contributed by atoms with Gasteiger partial charge in [0.15, 0.2) is 16.6 Å². The van der Waals surface area contributed by atoms with Gasteiger partial charge in [0, 0.05) is 13.0 Å². The zero-order chi connectivity index (χ0) is 17.2. The fourth-order valence-electron chi connectivity index (χ4n) is 2.88. The van der Waals surface area contributed by atoms with E-state index in [1.54, 1.807) is 16.2 Å². The first-order valence-corrected chi connectivity index (χ1v) is 9.10. The summed E-state index contributed by atoms with van der Waals surface area (Å²) in [5.74, 6) is 1.60. The van der Waals surface area contributed by atoms with Gasteiger partial charge in [-0.05, 0) is 43.2 Å². The Bertz CT molecular complexity index is 889. The second-order valence-electron chi connectivity index (χ2n) is 5.79. The molecule has 0 bridgehead atoms. The van der Waals surface area contributed by atoms with Crippen molar-refractivity contribution in [2.24, 2.45) is 0 Å².